The highest BCUT2D eigenvalue weighted by Gasteiger charge is 2.29. The minimum Gasteiger partial charge on any atom is -0.480 e. The largest absolute Gasteiger partial charge is 0.480 e. The van der Waals surface area contributed by atoms with Crippen LogP contribution in [0.25, 0.3) is 6.08 Å². The van der Waals surface area contributed by atoms with Crippen LogP contribution in [0.15, 0.2) is 64.4 Å². The molecule has 0 aliphatic heterocycles. The highest BCUT2D eigenvalue weighted by molar-refractivity contribution is 8.00. The fraction of sp³-hybridized carbons (Fsp3) is 0.158. The van der Waals surface area contributed by atoms with Crippen molar-refractivity contribution in [1.29, 1.82) is 0 Å². The number of hydrogen-bond donors (Lipinski definition) is 1. The summed E-state index contributed by atoms with van der Waals surface area (Å²) in [5.74, 6) is -1.74. The van der Waals surface area contributed by atoms with Gasteiger partial charge < -0.3 is 5.11 Å². The van der Waals surface area contributed by atoms with Gasteiger partial charge in [-0.15, -0.1) is 0 Å². The van der Waals surface area contributed by atoms with Crippen LogP contribution in [0, 0.1) is 0 Å². The number of nitrogens with zero attached hydrogens (tertiary/aromatic N) is 1. The van der Waals surface area contributed by atoms with Crippen LogP contribution in [0.1, 0.15) is 15.9 Å². The van der Waals surface area contributed by atoms with Crippen molar-refractivity contribution in [2.75, 3.05) is 13.6 Å². The third-order valence-corrected chi connectivity index (χ3v) is 6.30. The minimum atomic E-state index is -4.38. The molecule has 0 saturated heterocycles. The van der Waals surface area contributed by atoms with Crippen LogP contribution in [0.4, 0.5) is 13.2 Å². The number of benzene rings is 2. The van der Waals surface area contributed by atoms with Crippen molar-refractivity contribution < 1.29 is 36.3 Å². The standard InChI is InChI=1S/C19H16F3NO5S2/c1-23(12-18(25)26)30(27,28)16-9-5-14(6-10-16)17(24)11-4-13-2-7-15(8-3-13)29-19(20,21)22/h2-11H,12H2,1H3,(H,25,26)/b11-4+. The van der Waals surface area contributed by atoms with Gasteiger partial charge in [0.15, 0.2) is 5.78 Å². The van der Waals surface area contributed by atoms with Gasteiger partial charge in [-0.25, -0.2) is 8.42 Å². The highest BCUT2D eigenvalue weighted by Crippen LogP contribution is 2.36. The van der Waals surface area contributed by atoms with E-state index < -0.39 is 33.8 Å². The molecule has 0 bridgehead atoms. The first kappa shape index (κ1) is 23.6. The van der Waals surface area contributed by atoms with Crippen LogP contribution in [0.5, 0.6) is 0 Å². The first-order valence-electron chi connectivity index (χ1n) is 8.25. The van der Waals surface area contributed by atoms with Gasteiger partial charge in [-0.05, 0) is 59.8 Å². The zero-order chi connectivity index (χ0) is 22.5. The van der Waals surface area contributed by atoms with Gasteiger partial charge in [0.05, 0.1) is 4.90 Å². The lowest BCUT2D eigenvalue weighted by molar-refractivity contribution is -0.137. The summed E-state index contributed by atoms with van der Waals surface area (Å²) in [4.78, 5) is 22.8. The number of alkyl halides is 3. The van der Waals surface area contributed by atoms with Crippen LogP contribution in [0.3, 0.4) is 0 Å². The second-order valence-corrected chi connectivity index (χ2v) is 9.18. The zero-order valence-electron chi connectivity index (χ0n) is 15.5. The van der Waals surface area contributed by atoms with E-state index in [4.69, 9.17) is 5.11 Å². The maximum Gasteiger partial charge on any atom is 0.446 e. The number of allylic oxidation sites excluding steroid dienone is 1. The number of rotatable bonds is 8. The van der Waals surface area contributed by atoms with E-state index >= 15 is 0 Å². The Hall–Kier alpha value is -2.63. The molecule has 0 aliphatic carbocycles. The molecule has 0 atom stereocenters. The highest BCUT2D eigenvalue weighted by atomic mass is 32.2. The van der Waals surface area contributed by atoms with E-state index in [0.29, 0.717) is 9.87 Å². The maximum atomic E-state index is 12.3. The molecule has 2 aromatic carbocycles. The quantitative estimate of drug-likeness (QED) is 0.366. The van der Waals surface area contributed by atoms with Crippen molar-refractivity contribution in [3.05, 3.63) is 65.7 Å². The number of carbonyl (C=O) groups excluding carboxylic acids is 1. The SMILES string of the molecule is CN(CC(=O)O)S(=O)(=O)c1ccc(C(=O)/C=C/c2ccc(SC(F)(F)F)cc2)cc1. The Morgan fingerprint density at radius 3 is 2.13 bits per heavy atom. The van der Waals surface area contributed by atoms with Crippen LogP contribution in [-0.2, 0) is 14.8 Å². The third kappa shape index (κ3) is 6.71. The predicted octanol–water partition coefficient (Wildman–Crippen LogP) is 3.90. The average molecular weight is 459 g/mol. The lowest BCUT2D eigenvalue weighted by Gasteiger charge is -2.14. The van der Waals surface area contributed by atoms with E-state index in [-0.39, 0.29) is 27.1 Å². The van der Waals surface area contributed by atoms with Gasteiger partial charge in [0.1, 0.15) is 6.54 Å². The normalized spacial score (nSPS) is 12.4. The molecule has 6 nitrogen and oxygen atoms in total. The summed E-state index contributed by atoms with van der Waals surface area (Å²) >= 11 is -0.237. The molecule has 0 aliphatic rings. The first-order valence-corrected chi connectivity index (χ1v) is 10.5. The topological polar surface area (TPSA) is 91.8 Å². The average Bonchev–Trinajstić information content (AvgIpc) is 2.65. The molecule has 0 unspecified atom stereocenters. The van der Waals surface area contributed by atoms with Gasteiger partial charge in [0.2, 0.25) is 10.0 Å². The first-order chi connectivity index (χ1) is 13.9. The molecule has 2 rings (SSSR count). The van der Waals surface area contributed by atoms with Gasteiger partial charge in [0.25, 0.3) is 0 Å². The fourth-order valence-electron chi connectivity index (χ4n) is 2.30. The van der Waals surface area contributed by atoms with E-state index in [1.165, 1.54) is 60.7 Å². The molecular formula is C19H16F3NO5S2. The summed E-state index contributed by atoms with van der Waals surface area (Å²) in [5.41, 5.74) is -3.67. The number of halogens is 3. The van der Waals surface area contributed by atoms with Gasteiger partial charge in [-0.2, -0.15) is 17.5 Å². The summed E-state index contributed by atoms with van der Waals surface area (Å²) < 4.78 is 62.2. The van der Waals surface area contributed by atoms with Crippen molar-refractivity contribution >= 4 is 39.6 Å². The smallest absolute Gasteiger partial charge is 0.446 e. The number of carboxylic acids is 1. The van der Waals surface area contributed by atoms with Crippen molar-refractivity contribution in [1.82, 2.24) is 4.31 Å². The molecule has 0 spiro atoms. The van der Waals surface area contributed by atoms with Crippen molar-refractivity contribution in [2.45, 2.75) is 15.3 Å². The second kappa shape index (κ2) is 9.45. The Bertz CT molecular complexity index is 1050. The van der Waals surface area contributed by atoms with Gasteiger partial charge in [-0.1, -0.05) is 18.2 Å². The number of sulfonamides is 1. The molecule has 1 N–H and O–H groups in total. The van der Waals surface area contributed by atoms with E-state index in [9.17, 15) is 31.2 Å². The molecular weight excluding hydrogens is 443 g/mol. The minimum absolute atomic E-state index is 0.0237. The maximum absolute atomic E-state index is 12.3. The molecule has 0 radical (unpaired) electrons. The molecule has 0 saturated carbocycles. The lowest BCUT2D eigenvalue weighted by atomic mass is 10.1. The summed E-state index contributed by atoms with van der Waals surface area (Å²) in [6, 6.07) is 10.4. The molecule has 11 heteroatoms. The number of thioether (sulfide) groups is 1. The molecule has 0 amide bonds. The Morgan fingerprint density at radius 2 is 1.63 bits per heavy atom. The Morgan fingerprint density at radius 1 is 1.07 bits per heavy atom. The molecule has 0 fully saturated rings. The Balaban J connectivity index is 2.08. The van der Waals surface area contributed by atoms with E-state index in [1.54, 1.807) is 0 Å². The summed E-state index contributed by atoms with van der Waals surface area (Å²) in [5, 5.41) is 8.72. The number of aliphatic carboxylic acids is 1. The fourth-order valence-corrected chi connectivity index (χ4v) is 3.96. The number of carbonyl (C=O) groups is 2. The van der Waals surface area contributed by atoms with Crippen molar-refractivity contribution in [3.8, 4) is 0 Å². The van der Waals surface area contributed by atoms with Crippen molar-refractivity contribution in [2.24, 2.45) is 0 Å². The Labute approximate surface area is 175 Å². The molecule has 2 aromatic rings. The Kier molecular flexibility index (Phi) is 7.45. The van der Waals surface area contributed by atoms with Crippen LogP contribution < -0.4 is 0 Å². The summed E-state index contributed by atoms with van der Waals surface area (Å²) in [6.07, 6.45) is 2.64. The van der Waals surface area contributed by atoms with Gasteiger partial charge >= 0.3 is 11.5 Å². The number of likely N-dealkylation sites (N-methyl/N-ethyl adjacent to an activating group) is 1. The molecule has 0 aromatic heterocycles. The number of hydrogen-bond acceptors (Lipinski definition) is 5. The number of ketones is 1. The number of carboxylic acid groups (broad SMARTS) is 1. The summed E-state index contributed by atoms with van der Waals surface area (Å²) in [7, 11) is -2.88. The van der Waals surface area contributed by atoms with Crippen LogP contribution in [0.2, 0.25) is 0 Å². The van der Waals surface area contributed by atoms with Crippen molar-refractivity contribution in [3.63, 3.8) is 0 Å². The van der Waals surface area contributed by atoms with E-state index in [2.05, 4.69) is 0 Å². The molecule has 0 heterocycles. The summed E-state index contributed by atoms with van der Waals surface area (Å²) in [6.45, 7) is -0.702. The third-order valence-electron chi connectivity index (χ3n) is 3.75. The van der Waals surface area contributed by atoms with E-state index in [1.807, 2.05) is 0 Å². The predicted molar refractivity (Wildman–Crippen MR) is 106 cm³/mol. The monoisotopic (exact) mass is 459 g/mol. The zero-order valence-corrected chi connectivity index (χ0v) is 17.1. The molecule has 160 valence electrons. The lowest BCUT2D eigenvalue weighted by Crippen LogP contribution is -2.32. The van der Waals surface area contributed by atoms with Crippen LogP contribution >= 0.6 is 11.8 Å². The van der Waals surface area contributed by atoms with Crippen LogP contribution in [-0.4, -0.2) is 48.7 Å². The van der Waals surface area contributed by atoms with Gasteiger partial charge in [-0.3, -0.25) is 9.59 Å². The van der Waals surface area contributed by atoms with Gasteiger partial charge in [0, 0.05) is 17.5 Å². The second-order valence-electron chi connectivity index (χ2n) is 5.99. The van der Waals surface area contributed by atoms with E-state index in [0.717, 1.165) is 7.05 Å². The molecule has 30 heavy (non-hydrogen) atoms.